The lowest BCUT2D eigenvalue weighted by Crippen LogP contribution is -2.40. The van der Waals surface area contributed by atoms with Crippen LogP contribution in [0.4, 0.5) is 5.95 Å². The summed E-state index contributed by atoms with van der Waals surface area (Å²) in [7, 11) is 1.63. The smallest absolute Gasteiger partial charge is 0.225 e. The van der Waals surface area contributed by atoms with Crippen LogP contribution in [0.2, 0.25) is 0 Å². The van der Waals surface area contributed by atoms with Gasteiger partial charge in [-0.15, -0.1) is 0 Å². The topological polar surface area (TPSA) is 73.5 Å². The molecule has 116 valence electrons. The second-order valence-corrected chi connectivity index (χ2v) is 5.32. The van der Waals surface area contributed by atoms with Crippen molar-refractivity contribution in [3.05, 3.63) is 36.7 Å². The Morgan fingerprint density at radius 1 is 1.09 bits per heavy atom. The molecule has 2 heterocycles. The van der Waals surface area contributed by atoms with Gasteiger partial charge in [0.1, 0.15) is 11.5 Å². The van der Waals surface area contributed by atoms with Crippen molar-refractivity contribution in [1.82, 2.24) is 9.97 Å². The van der Waals surface area contributed by atoms with Gasteiger partial charge in [-0.05, 0) is 25.0 Å². The Morgan fingerprint density at radius 3 is 2.45 bits per heavy atom. The number of ether oxygens (including phenoxy) is 2. The predicted octanol–water partition coefficient (Wildman–Crippen LogP) is 2.21. The number of rotatable bonds is 4. The van der Waals surface area contributed by atoms with Crippen LogP contribution in [0, 0.1) is 0 Å². The molecule has 22 heavy (non-hydrogen) atoms. The number of nitrogens with zero attached hydrogens (tertiary/aromatic N) is 3. The van der Waals surface area contributed by atoms with E-state index >= 15 is 0 Å². The summed E-state index contributed by atoms with van der Waals surface area (Å²) in [5.41, 5.74) is 5.91. The highest BCUT2D eigenvalue weighted by atomic mass is 16.5. The van der Waals surface area contributed by atoms with Crippen LogP contribution in [0.5, 0.6) is 17.2 Å². The molecular weight excluding hydrogens is 280 g/mol. The molecule has 1 aliphatic heterocycles. The van der Waals surface area contributed by atoms with Crippen LogP contribution in [0.15, 0.2) is 36.7 Å². The number of hydrogen-bond donors (Lipinski definition) is 1. The lowest BCUT2D eigenvalue weighted by molar-refractivity contribution is 0.408. The minimum atomic E-state index is 0.298. The first-order chi connectivity index (χ1) is 10.7. The van der Waals surface area contributed by atoms with Crippen LogP contribution in [0.3, 0.4) is 0 Å². The molecule has 0 unspecified atom stereocenters. The highest BCUT2D eigenvalue weighted by Gasteiger charge is 2.18. The van der Waals surface area contributed by atoms with Crippen LogP contribution in [-0.4, -0.2) is 36.2 Å². The molecule has 2 N–H and O–H groups in total. The standard InChI is InChI=1S/C16H20N4O2/c1-21-13-3-2-4-14(9-13)22-15-10-18-16(19-11-15)20-7-5-12(17)6-8-20/h2-4,9-12H,5-8,17H2,1H3. The molecule has 0 radical (unpaired) electrons. The minimum Gasteiger partial charge on any atom is -0.497 e. The van der Waals surface area contributed by atoms with Crippen molar-refractivity contribution in [2.45, 2.75) is 18.9 Å². The molecule has 6 nitrogen and oxygen atoms in total. The van der Waals surface area contributed by atoms with Crippen molar-refractivity contribution in [3.63, 3.8) is 0 Å². The van der Waals surface area contributed by atoms with Gasteiger partial charge in [-0.25, -0.2) is 9.97 Å². The molecule has 3 rings (SSSR count). The van der Waals surface area contributed by atoms with Gasteiger partial charge in [-0.1, -0.05) is 6.07 Å². The van der Waals surface area contributed by atoms with E-state index in [1.165, 1.54) is 0 Å². The molecule has 1 aromatic heterocycles. The molecule has 1 saturated heterocycles. The molecule has 0 atom stereocenters. The second-order valence-electron chi connectivity index (χ2n) is 5.32. The van der Waals surface area contributed by atoms with Gasteiger partial charge in [-0.3, -0.25) is 0 Å². The Bertz CT molecular complexity index is 610. The van der Waals surface area contributed by atoms with Gasteiger partial charge >= 0.3 is 0 Å². The zero-order valence-electron chi connectivity index (χ0n) is 12.6. The Balaban J connectivity index is 1.66. The van der Waals surface area contributed by atoms with Gasteiger partial charge in [0.2, 0.25) is 5.95 Å². The molecular formula is C16H20N4O2. The van der Waals surface area contributed by atoms with Crippen LogP contribution < -0.4 is 20.1 Å². The number of aromatic nitrogens is 2. The fourth-order valence-corrected chi connectivity index (χ4v) is 2.43. The molecule has 0 saturated carbocycles. The molecule has 6 heteroatoms. The Hall–Kier alpha value is -2.34. The maximum Gasteiger partial charge on any atom is 0.225 e. The van der Waals surface area contributed by atoms with E-state index in [-0.39, 0.29) is 0 Å². The molecule has 0 aliphatic carbocycles. The Morgan fingerprint density at radius 2 is 1.77 bits per heavy atom. The van der Waals surface area contributed by atoms with Gasteiger partial charge in [0.05, 0.1) is 19.5 Å². The third-order valence-corrected chi connectivity index (χ3v) is 3.71. The van der Waals surface area contributed by atoms with Gasteiger partial charge < -0.3 is 20.1 Å². The van der Waals surface area contributed by atoms with Crippen molar-refractivity contribution < 1.29 is 9.47 Å². The Labute approximate surface area is 129 Å². The third kappa shape index (κ3) is 3.46. The molecule has 1 aromatic carbocycles. The SMILES string of the molecule is COc1cccc(Oc2cnc(N3CCC(N)CC3)nc2)c1. The van der Waals surface area contributed by atoms with Gasteiger partial charge in [0.15, 0.2) is 5.75 Å². The quantitative estimate of drug-likeness (QED) is 0.933. The summed E-state index contributed by atoms with van der Waals surface area (Å²) in [6, 6.07) is 7.72. The monoisotopic (exact) mass is 300 g/mol. The van der Waals surface area contributed by atoms with Gasteiger partial charge in [0, 0.05) is 25.2 Å². The average molecular weight is 300 g/mol. The van der Waals surface area contributed by atoms with Crippen molar-refractivity contribution in [2.24, 2.45) is 5.73 Å². The molecule has 0 spiro atoms. The number of piperidine rings is 1. The van der Waals surface area contributed by atoms with Crippen LogP contribution >= 0.6 is 0 Å². The predicted molar refractivity (Wildman–Crippen MR) is 84.5 cm³/mol. The lowest BCUT2D eigenvalue weighted by Gasteiger charge is -2.29. The highest BCUT2D eigenvalue weighted by molar-refractivity contribution is 5.37. The van der Waals surface area contributed by atoms with E-state index in [1.54, 1.807) is 19.5 Å². The summed E-state index contributed by atoms with van der Waals surface area (Å²) in [5, 5.41) is 0. The first kappa shape index (κ1) is 14.6. The van der Waals surface area contributed by atoms with Crippen molar-refractivity contribution in [2.75, 3.05) is 25.1 Å². The highest BCUT2D eigenvalue weighted by Crippen LogP contribution is 2.25. The summed E-state index contributed by atoms with van der Waals surface area (Å²) in [5.74, 6) is 2.77. The molecule has 2 aromatic rings. The summed E-state index contributed by atoms with van der Waals surface area (Å²) < 4.78 is 10.9. The zero-order valence-corrected chi connectivity index (χ0v) is 12.6. The molecule has 1 aliphatic rings. The number of methoxy groups -OCH3 is 1. The third-order valence-electron chi connectivity index (χ3n) is 3.71. The average Bonchev–Trinajstić information content (AvgIpc) is 2.57. The van der Waals surface area contributed by atoms with Crippen LogP contribution in [0.25, 0.3) is 0 Å². The first-order valence-corrected chi connectivity index (χ1v) is 7.39. The minimum absolute atomic E-state index is 0.298. The Kier molecular flexibility index (Phi) is 4.39. The van der Waals surface area contributed by atoms with Crippen molar-refractivity contribution in [3.8, 4) is 17.2 Å². The van der Waals surface area contributed by atoms with E-state index in [9.17, 15) is 0 Å². The van der Waals surface area contributed by atoms with Crippen LogP contribution in [0.1, 0.15) is 12.8 Å². The summed E-state index contributed by atoms with van der Waals surface area (Å²) >= 11 is 0. The van der Waals surface area contributed by atoms with E-state index in [0.717, 1.165) is 37.6 Å². The summed E-state index contributed by atoms with van der Waals surface area (Å²) in [6.45, 7) is 1.80. The number of hydrogen-bond acceptors (Lipinski definition) is 6. The van der Waals surface area contributed by atoms with Gasteiger partial charge in [-0.2, -0.15) is 0 Å². The zero-order chi connectivity index (χ0) is 15.4. The van der Waals surface area contributed by atoms with Crippen molar-refractivity contribution in [1.29, 1.82) is 0 Å². The van der Waals surface area contributed by atoms with E-state index in [4.69, 9.17) is 15.2 Å². The van der Waals surface area contributed by atoms with E-state index < -0.39 is 0 Å². The lowest BCUT2D eigenvalue weighted by atomic mass is 10.1. The van der Waals surface area contributed by atoms with E-state index in [1.807, 2.05) is 24.3 Å². The maximum absolute atomic E-state index is 5.91. The first-order valence-electron chi connectivity index (χ1n) is 7.39. The van der Waals surface area contributed by atoms with Crippen molar-refractivity contribution >= 4 is 5.95 Å². The fourth-order valence-electron chi connectivity index (χ4n) is 2.43. The fraction of sp³-hybridized carbons (Fsp3) is 0.375. The maximum atomic E-state index is 5.91. The summed E-state index contributed by atoms with van der Waals surface area (Å²) in [4.78, 5) is 10.9. The largest absolute Gasteiger partial charge is 0.497 e. The molecule has 0 bridgehead atoms. The molecule has 1 fully saturated rings. The number of benzene rings is 1. The normalized spacial score (nSPS) is 15.6. The summed E-state index contributed by atoms with van der Waals surface area (Å²) in [6.07, 6.45) is 5.34. The molecule has 0 amide bonds. The number of anilines is 1. The van der Waals surface area contributed by atoms with Crippen LogP contribution in [-0.2, 0) is 0 Å². The van der Waals surface area contributed by atoms with E-state index in [0.29, 0.717) is 17.5 Å². The van der Waals surface area contributed by atoms with E-state index in [2.05, 4.69) is 14.9 Å². The number of nitrogens with two attached hydrogens (primary N) is 1. The second kappa shape index (κ2) is 6.62. The van der Waals surface area contributed by atoms with Gasteiger partial charge in [0.25, 0.3) is 0 Å².